The SMILES string of the molecule is O=C(CN1C(=O)NC2(CCSC2)C1=O)Nc1cc2c(cc1Br)OCCO2. The molecule has 138 valence electrons. The maximum atomic E-state index is 12.6. The van der Waals surface area contributed by atoms with Crippen LogP contribution in [0.3, 0.4) is 0 Å². The van der Waals surface area contributed by atoms with Gasteiger partial charge < -0.3 is 20.1 Å². The summed E-state index contributed by atoms with van der Waals surface area (Å²) >= 11 is 5.00. The predicted molar refractivity (Wildman–Crippen MR) is 98.7 cm³/mol. The lowest BCUT2D eigenvalue weighted by Crippen LogP contribution is -2.47. The molecule has 0 aromatic heterocycles. The Balaban J connectivity index is 1.46. The van der Waals surface area contributed by atoms with E-state index in [0.29, 0.717) is 47.0 Å². The number of benzene rings is 1. The van der Waals surface area contributed by atoms with E-state index in [4.69, 9.17) is 9.47 Å². The number of fused-ring (bicyclic) bond motifs is 1. The van der Waals surface area contributed by atoms with Crippen LogP contribution in [0.2, 0.25) is 0 Å². The predicted octanol–water partition coefficient (Wildman–Crippen LogP) is 1.59. The first-order valence-electron chi connectivity index (χ1n) is 8.09. The second kappa shape index (κ2) is 6.66. The summed E-state index contributed by atoms with van der Waals surface area (Å²) in [6, 6.07) is 2.84. The number of amides is 4. The average Bonchev–Trinajstić information content (AvgIpc) is 3.17. The van der Waals surface area contributed by atoms with Crippen LogP contribution in [0.4, 0.5) is 10.5 Å². The molecule has 1 aromatic carbocycles. The van der Waals surface area contributed by atoms with Gasteiger partial charge in [-0.25, -0.2) is 4.79 Å². The lowest BCUT2D eigenvalue weighted by Gasteiger charge is -2.21. The van der Waals surface area contributed by atoms with Crippen molar-refractivity contribution in [3.8, 4) is 11.5 Å². The molecular formula is C16H16BrN3O5S. The van der Waals surface area contributed by atoms with Crippen molar-refractivity contribution in [1.82, 2.24) is 10.2 Å². The number of urea groups is 1. The summed E-state index contributed by atoms with van der Waals surface area (Å²) in [7, 11) is 0. The van der Waals surface area contributed by atoms with Gasteiger partial charge in [0.2, 0.25) is 5.91 Å². The number of anilines is 1. The molecule has 2 N–H and O–H groups in total. The van der Waals surface area contributed by atoms with Crippen molar-refractivity contribution in [3.63, 3.8) is 0 Å². The van der Waals surface area contributed by atoms with Crippen molar-refractivity contribution in [2.24, 2.45) is 0 Å². The molecule has 0 saturated carbocycles. The van der Waals surface area contributed by atoms with Gasteiger partial charge in [0.25, 0.3) is 5.91 Å². The van der Waals surface area contributed by atoms with Crippen LogP contribution in [-0.4, -0.2) is 59.5 Å². The van der Waals surface area contributed by atoms with Gasteiger partial charge in [0.15, 0.2) is 11.5 Å². The average molecular weight is 442 g/mol. The Morgan fingerprint density at radius 1 is 1.31 bits per heavy atom. The van der Waals surface area contributed by atoms with E-state index in [1.165, 1.54) is 0 Å². The quantitative estimate of drug-likeness (QED) is 0.691. The standard InChI is InChI=1S/C16H16BrN3O5S/c17-9-5-11-12(25-3-2-24-11)6-10(9)18-13(21)7-20-14(22)16(19-15(20)23)1-4-26-8-16/h5-6H,1-4,7-8H2,(H,18,21)(H,19,23). The number of ether oxygens (including phenoxy) is 2. The maximum absolute atomic E-state index is 12.6. The Hall–Kier alpha value is -1.94. The molecule has 1 spiro atoms. The van der Waals surface area contributed by atoms with Gasteiger partial charge >= 0.3 is 6.03 Å². The second-order valence-electron chi connectivity index (χ2n) is 6.23. The zero-order valence-corrected chi connectivity index (χ0v) is 16.1. The molecule has 1 atom stereocenters. The molecule has 4 amide bonds. The number of carbonyl (C=O) groups is 3. The summed E-state index contributed by atoms with van der Waals surface area (Å²) in [6.07, 6.45) is 0.591. The normalized spacial score (nSPS) is 24.1. The van der Waals surface area contributed by atoms with Gasteiger partial charge in [-0.3, -0.25) is 14.5 Å². The minimum atomic E-state index is -0.848. The van der Waals surface area contributed by atoms with Gasteiger partial charge in [0, 0.05) is 22.4 Å². The molecule has 3 heterocycles. The van der Waals surface area contributed by atoms with Gasteiger partial charge in [-0.1, -0.05) is 0 Å². The van der Waals surface area contributed by atoms with E-state index >= 15 is 0 Å². The molecule has 8 nitrogen and oxygen atoms in total. The summed E-state index contributed by atoms with van der Waals surface area (Å²) in [4.78, 5) is 38.1. The smallest absolute Gasteiger partial charge is 0.325 e. The zero-order chi connectivity index (χ0) is 18.3. The molecule has 1 aromatic rings. The largest absolute Gasteiger partial charge is 0.486 e. The van der Waals surface area contributed by atoms with Crippen LogP contribution in [0.5, 0.6) is 11.5 Å². The van der Waals surface area contributed by atoms with Gasteiger partial charge in [-0.2, -0.15) is 11.8 Å². The van der Waals surface area contributed by atoms with Crippen LogP contribution >= 0.6 is 27.7 Å². The second-order valence-corrected chi connectivity index (χ2v) is 8.19. The van der Waals surface area contributed by atoms with E-state index in [1.54, 1.807) is 23.9 Å². The van der Waals surface area contributed by atoms with Crippen molar-refractivity contribution in [3.05, 3.63) is 16.6 Å². The molecule has 4 rings (SSSR count). The molecule has 2 fully saturated rings. The third kappa shape index (κ3) is 3.01. The Labute approximate surface area is 162 Å². The number of imide groups is 1. The number of thioether (sulfide) groups is 1. The summed E-state index contributed by atoms with van der Waals surface area (Å²) in [5, 5.41) is 5.45. The van der Waals surface area contributed by atoms with Crippen LogP contribution in [0, 0.1) is 0 Å². The number of nitrogens with one attached hydrogen (secondary N) is 2. The Morgan fingerprint density at radius 3 is 2.73 bits per heavy atom. The fourth-order valence-corrected chi connectivity index (χ4v) is 4.89. The lowest BCUT2D eigenvalue weighted by atomic mass is 9.99. The number of halogens is 1. The number of hydrogen-bond donors (Lipinski definition) is 2. The highest BCUT2D eigenvalue weighted by Gasteiger charge is 2.53. The molecule has 1 unspecified atom stereocenters. The van der Waals surface area contributed by atoms with E-state index in [0.717, 1.165) is 10.7 Å². The molecule has 2 saturated heterocycles. The number of rotatable bonds is 3. The Bertz CT molecular complexity index is 796. The van der Waals surface area contributed by atoms with Crippen LogP contribution in [0.25, 0.3) is 0 Å². The highest BCUT2D eigenvalue weighted by atomic mass is 79.9. The van der Waals surface area contributed by atoms with Gasteiger partial charge in [0.1, 0.15) is 25.3 Å². The maximum Gasteiger partial charge on any atom is 0.325 e. The molecule has 26 heavy (non-hydrogen) atoms. The third-order valence-electron chi connectivity index (χ3n) is 4.48. The minimum absolute atomic E-state index is 0.330. The van der Waals surface area contributed by atoms with Gasteiger partial charge in [0.05, 0.1) is 5.69 Å². The number of nitrogens with zero attached hydrogens (tertiary/aromatic N) is 1. The van der Waals surface area contributed by atoms with E-state index in [2.05, 4.69) is 26.6 Å². The first-order valence-corrected chi connectivity index (χ1v) is 10.0. The minimum Gasteiger partial charge on any atom is -0.486 e. The summed E-state index contributed by atoms with van der Waals surface area (Å²) in [5.74, 6) is 1.69. The molecule has 3 aliphatic heterocycles. The molecule has 3 aliphatic rings. The Morgan fingerprint density at radius 2 is 2.04 bits per heavy atom. The monoisotopic (exact) mass is 441 g/mol. The third-order valence-corrected chi connectivity index (χ3v) is 6.32. The van der Waals surface area contributed by atoms with Crippen LogP contribution < -0.4 is 20.1 Å². The molecule has 0 radical (unpaired) electrons. The lowest BCUT2D eigenvalue weighted by molar-refractivity contribution is -0.133. The van der Waals surface area contributed by atoms with Crippen LogP contribution in [0.15, 0.2) is 16.6 Å². The van der Waals surface area contributed by atoms with E-state index in [9.17, 15) is 14.4 Å². The number of carbonyl (C=O) groups excluding carboxylic acids is 3. The van der Waals surface area contributed by atoms with Crippen molar-refractivity contribution in [1.29, 1.82) is 0 Å². The van der Waals surface area contributed by atoms with Gasteiger partial charge in [-0.15, -0.1) is 0 Å². The summed E-state index contributed by atoms with van der Waals surface area (Å²) in [5.41, 5.74) is -0.364. The molecular weight excluding hydrogens is 426 g/mol. The summed E-state index contributed by atoms with van der Waals surface area (Å²) < 4.78 is 11.6. The highest BCUT2D eigenvalue weighted by Crippen LogP contribution is 2.38. The van der Waals surface area contributed by atoms with Gasteiger partial charge in [-0.05, 0) is 28.1 Å². The highest BCUT2D eigenvalue weighted by molar-refractivity contribution is 9.10. The molecule has 0 bridgehead atoms. The molecule has 0 aliphatic carbocycles. The number of hydrogen-bond acceptors (Lipinski definition) is 6. The van der Waals surface area contributed by atoms with E-state index < -0.39 is 17.5 Å². The van der Waals surface area contributed by atoms with Crippen molar-refractivity contribution < 1.29 is 23.9 Å². The van der Waals surface area contributed by atoms with E-state index in [1.807, 2.05) is 0 Å². The molecule has 10 heteroatoms. The van der Waals surface area contributed by atoms with Crippen molar-refractivity contribution >= 4 is 51.2 Å². The first-order chi connectivity index (χ1) is 12.5. The van der Waals surface area contributed by atoms with Crippen LogP contribution in [-0.2, 0) is 9.59 Å². The van der Waals surface area contributed by atoms with Crippen molar-refractivity contribution in [2.75, 3.05) is 36.6 Å². The van der Waals surface area contributed by atoms with Crippen molar-refractivity contribution in [2.45, 2.75) is 12.0 Å². The fourth-order valence-electron chi connectivity index (χ4n) is 3.15. The topological polar surface area (TPSA) is 97.0 Å². The Kier molecular flexibility index (Phi) is 4.47. The fraction of sp³-hybridized carbons (Fsp3) is 0.438. The zero-order valence-electron chi connectivity index (χ0n) is 13.7. The first kappa shape index (κ1) is 17.5. The summed E-state index contributed by atoms with van der Waals surface area (Å²) in [6.45, 7) is 0.569. The van der Waals surface area contributed by atoms with E-state index in [-0.39, 0.29) is 12.5 Å². The van der Waals surface area contributed by atoms with Crippen LogP contribution in [0.1, 0.15) is 6.42 Å².